The van der Waals surface area contributed by atoms with Crippen molar-refractivity contribution in [3.05, 3.63) is 0 Å². The zero-order valence-corrected chi connectivity index (χ0v) is 10.8. The van der Waals surface area contributed by atoms with Crippen LogP contribution in [0.4, 0.5) is 0 Å². The van der Waals surface area contributed by atoms with Crippen molar-refractivity contribution < 1.29 is 4.79 Å². The van der Waals surface area contributed by atoms with Crippen molar-refractivity contribution in [3.63, 3.8) is 0 Å². The minimum absolute atomic E-state index is 0.231. The van der Waals surface area contributed by atoms with Crippen LogP contribution in [-0.4, -0.2) is 22.9 Å². The van der Waals surface area contributed by atoms with E-state index in [1.807, 2.05) is 20.8 Å². The van der Waals surface area contributed by atoms with Crippen LogP contribution in [0.5, 0.6) is 0 Å². The van der Waals surface area contributed by atoms with Gasteiger partial charge in [-0.3, -0.25) is 4.79 Å². The number of amides is 1. The number of hydrogen-bond acceptors (Lipinski definition) is 1. The van der Waals surface area contributed by atoms with Gasteiger partial charge in [0.15, 0.2) is 0 Å². The van der Waals surface area contributed by atoms with Crippen molar-refractivity contribution in [3.8, 4) is 0 Å². The highest BCUT2D eigenvalue weighted by molar-refractivity contribution is 5.82. The Morgan fingerprint density at radius 2 is 1.53 bits per heavy atom. The summed E-state index contributed by atoms with van der Waals surface area (Å²) >= 11 is 0. The van der Waals surface area contributed by atoms with E-state index in [0.717, 1.165) is 12.8 Å². The van der Waals surface area contributed by atoms with Crippen LogP contribution in [0.25, 0.3) is 0 Å². The van der Waals surface area contributed by atoms with Gasteiger partial charge in [-0.1, -0.05) is 34.6 Å². The first-order valence-electron chi connectivity index (χ1n) is 6.24. The fourth-order valence-corrected chi connectivity index (χ4v) is 2.48. The first-order valence-corrected chi connectivity index (χ1v) is 6.24. The maximum Gasteiger partial charge on any atom is 0.228 e. The molecule has 1 amide bonds. The summed E-state index contributed by atoms with van der Waals surface area (Å²) < 4.78 is 0. The minimum atomic E-state index is -0.231. The van der Waals surface area contributed by atoms with Crippen molar-refractivity contribution in [2.75, 3.05) is 0 Å². The van der Waals surface area contributed by atoms with E-state index in [1.54, 1.807) is 0 Å². The van der Waals surface area contributed by atoms with Gasteiger partial charge in [0.2, 0.25) is 5.91 Å². The van der Waals surface area contributed by atoms with Gasteiger partial charge in [0.1, 0.15) is 0 Å². The van der Waals surface area contributed by atoms with Crippen LogP contribution in [0.15, 0.2) is 0 Å². The third-order valence-electron chi connectivity index (χ3n) is 3.44. The molecule has 1 aliphatic heterocycles. The third-order valence-corrected chi connectivity index (χ3v) is 3.44. The van der Waals surface area contributed by atoms with E-state index in [1.165, 1.54) is 12.8 Å². The maximum atomic E-state index is 12.3. The van der Waals surface area contributed by atoms with E-state index >= 15 is 0 Å². The molecule has 0 aromatic rings. The largest absolute Gasteiger partial charge is 0.336 e. The average molecular weight is 211 g/mol. The maximum absolute atomic E-state index is 12.3. The quantitative estimate of drug-likeness (QED) is 0.687. The van der Waals surface area contributed by atoms with Crippen molar-refractivity contribution in [1.29, 1.82) is 0 Å². The number of rotatable bonds is 2. The zero-order valence-electron chi connectivity index (χ0n) is 10.8. The molecule has 88 valence electrons. The highest BCUT2D eigenvalue weighted by Gasteiger charge is 2.39. The monoisotopic (exact) mass is 211 g/mol. The highest BCUT2D eigenvalue weighted by Crippen LogP contribution is 2.32. The summed E-state index contributed by atoms with van der Waals surface area (Å²) in [4.78, 5) is 14.5. The van der Waals surface area contributed by atoms with E-state index in [9.17, 15) is 4.79 Å². The fraction of sp³-hybridized carbons (Fsp3) is 0.923. The first kappa shape index (κ1) is 12.5. The molecule has 1 aliphatic rings. The summed E-state index contributed by atoms with van der Waals surface area (Å²) in [6.45, 7) is 10.4. The normalized spacial score (nSPS) is 27.1. The van der Waals surface area contributed by atoms with Crippen LogP contribution in [0.3, 0.4) is 0 Å². The molecule has 0 spiro atoms. The lowest BCUT2D eigenvalue weighted by Gasteiger charge is -2.34. The Morgan fingerprint density at radius 1 is 1.13 bits per heavy atom. The molecular weight excluding hydrogens is 186 g/mol. The molecular formula is C13H25NO. The van der Waals surface area contributed by atoms with E-state index in [4.69, 9.17) is 0 Å². The predicted octanol–water partition coefficient (Wildman–Crippen LogP) is 3.21. The van der Waals surface area contributed by atoms with E-state index in [2.05, 4.69) is 18.7 Å². The van der Waals surface area contributed by atoms with Crippen LogP contribution >= 0.6 is 0 Å². The van der Waals surface area contributed by atoms with Gasteiger partial charge in [0.05, 0.1) is 0 Å². The molecule has 0 aromatic carbocycles. The Labute approximate surface area is 94.0 Å². The van der Waals surface area contributed by atoms with E-state index in [0.29, 0.717) is 18.0 Å². The Morgan fingerprint density at radius 3 is 1.80 bits per heavy atom. The molecule has 15 heavy (non-hydrogen) atoms. The standard InChI is InChI=1S/C13H25NO/c1-6-10-8-9-11(7-2)14(10)12(15)13(3,4)5/h10-11H,6-9H2,1-5H3. The fourth-order valence-electron chi connectivity index (χ4n) is 2.48. The Hall–Kier alpha value is -0.530. The summed E-state index contributed by atoms with van der Waals surface area (Å²) in [5.41, 5.74) is -0.231. The van der Waals surface area contributed by atoms with Crippen molar-refractivity contribution in [2.24, 2.45) is 5.41 Å². The van der Waals surface area contributed by atoms with Gasteiger partial charge in [-0.2, -0.15) is 0 Å². The number of carbonyl (C=O) groups excluding carboxylic acids is 1. The van der Waals surface area contributed by atoms with Gasteiger partial charge in [-0.25, -0.2) is 0 Å². The minimum Gasteiger partial charge on any atom is -0.336 e. The van der Waals surface area contributed by atoms with Gasteiger partial charge < -0.3 is 4.90 Å². The second-order valence-electron chi connectivity index (χ2n) is 5.66. The Balaban J connectivity index is 2.83. The molecule has 1 saturated heterocycles. The van der Waals surface area contributed by atoms with Crippen molar-refractivity contribution in [1.82, 2.24) is 4.90 Å². The molecule has 2 heteroatoms. The number of nitrogens with zero attached hydrogens (tertiary/aromatic N) is 1. The summed E-state index contributed by atoms with van der Waals surface area (Å²) in [7, 11) is 0. The Kier molecular flexibility index (Phi) is 3.80. The second-order valence-corrected chi connectivity index (χ2v) is 5.66. The molecule has 0 aliphatic carbocycles. The lowest BCUT2D eigenvalue weighted by atomic mass is 9.93. The smallest absolute Gasteiger partial charge is 0.228 e. The van der Waals surface area contributed by atoms with Gasteiger partial charge in [-0.05, 0) is 25.7 Å². The lowest BCUT2D eigenvalue weighted by molar-refractivity contribution is -0.142. The molecule has 0 radical (unpaired) electrons. The number of hydrogen-bond donors (Lipinski definition) is 0. The molecule has 0 aromatic heterocycles. The van der Waals surface area contributed by atoms with Gasteiger partial charge in [-0.15, -0.1) is 0 Å². The third kappa shape index (κ3) is 2.53. The summed E-state index contributed by atoms with van der Waals surface area (Å²) in [5.74, 6) is 0.332. The SMILES string of the molecule is CCC1CCC(CC)N1C(=O)C(C)(C)C. The van der Waals surface area contributed by atoms with Crippen LogP contribution in [0.1, 0.15) is 60.3 Å². The lowest BCUT2D eigenvalue weighted by Crippen LogP contribution is -2.46. The average Bonchev–Trinajstić information content (AvgIpc) is 2.57. The van der Waals surface area contributed by atoms with Gasteiger partial charge >= 0.3 is 0 Å². The zero-order chi connectivity index (χ0) is 11.6. The molecule has 2 nitrogen and oxygen atoms in total. The molecule has 1 heterocycles. The van der Waals surface area contributed by atoms with Crippen LogP contribution in [-0.2, 0) is 4.79 Å². The number of carbonyl (C=O) groups is 1. The van der Waals surface area contributed by atoms with Crippen LogP contribution in [0, 0.1) is 5.41 Å². The summed E-state index contributed by atoms with van der Waals surface area (Å²) in [6.07, 6.45) is 4.57. The van der Waals surface area contributed by atoms with E-state index in [-0.39, 0.29) is 5.41 Å². The van der Waals surface area contributed by atoms with E-state index < -0.39 is 0 Å². The first-order chi connectivity index (χ1) is 6.91. The molecule has 0 bridgehead atoms. The van der Waals surface area contributed by atoms with Crippen molar-refractivity contribution in [2.45, 2.75) is 72.4 Å². The topological polar surface area (TPSA) is 20.3 Å². The second kappa shape index (κ2) is 4.54. The number of likely N-dealkylation sites (tertiary alicyclic amines) is 1. The molecule has 1 rings (SSSR count). The molecule has 2 atom stereocenters. The summed E-state index contributed by atoms with van der Waals surface area (Å²) in [5, 5.41) is 0. The molecule has 0 N–H and O–H groups in total. The summed E-state index contributed by atoms with van der Waals surface area (Å²) in [6, 6.07) is 0.975. The van der Waals surface area contributed by atoms with Gasteiger partial charge in [0, 0.05) is 17.5 Å². The predicted molar refractivity (Wildman–Crippen MR) is 63.7 cm³/mol. The Bertz CT molecular complexity index is 217. The van der Waals surface area contributed by atoms with Crippen molar-refractivity contribution >= 4 is 5.91 Å². The van der Waals surface area contributed by atoms with Crippen LogP contribution < -0.4 is 0 Å². The highest BCUT2D eigenvalue weighted by atomic mass is 16.2. The molecule has 0 saturated carbocycles. The van der Waals surface area contributed by atoms with Crippen LogP contribution in [0.2, 0.25) is 0 Å². The molecule has 2 unspecified atom stereocenters. The molecule has 1 fully saturated rings. The van der Waals surface area contributed by atoms with Gasteiger partial charge in [0.25, 0.3) is 0 Å².